The molecule has 29 heavy (non-hydrogen) atoms. The van der Waals surface area contributed by atoms with Gasteiger partial charge in [-0.1, -0.05) is 12.1 Å². The lowest BCUT2D eigenvalue weighted by Crippen LogP contribution is -2.41. The highest BCUT2D eigenvalue weighted by molar-refractivity contribution is 5.79. The molecular weight excluding hydrogens is 369 g/mol. The molecule has 1 N–H and O–H groups in total. The number of carbonyl (C=O) groups excluding carboxylic acids is 1. The van der Waals surface area contributed by atoms with Gasteiger partial charge in [-0.2, -0.15) is 0 Å². The van der Waals surface area contributed by atoms with Gasteiger partial charge in [0.2, 0.25) is 11.9 Å². The molecule has 2 saturated heterocycles. The van der Waals surface area contributed by atoms with E-state index in [0.717, 1.165) is 56.2 Å². The average Bonchev–Trinajstić information content (AvgIpc) is 3.29. The van der Waals surface area contributed by atoms with Gasteiger partial charge in [-0.05, 0) is 50.3 Å². The summed E-state index contributed by atoms with van der Waals surface area (Å²) in [5, 5.41) is 3.07. The molecule has 4 rings (SSSR count). The molecule has 2 aromatic rings. The van der Waals surface area contributed by atoms with Crippen molar-refractivity contribution in [1.82, 2.24) is 15.3 Å². The van der Waals surface area contributed by atoms with E-state index in [-0.39, 0.29) is 23.7 Å². The van der Waals surface area contributed by atoms with Crippen LogP contribution in [0.2, 0.25) is 0 Å². The Hall–Kier alpha value is -2.70. The van der Waals surface area contributed by atoms with Gasteiger partial charge in [-0.3, -0.25) is 4.79 Å². The van der Waals surface area contributed by atoms with Crippen molar-refractivity contribution >= 4 is 17.5 Å². The zero-order valence-corrected chi connectivity index (χ0v) is 16.9. The molecule has 2 aliphatic rings. The molecule has 0 radical (unpaired) electrons. The van der Waals surface area contributed by atoms with Gasteiger partial charge in [0.15, 0.2) is 0 Å². The third kappa shape index (κ3) is 4.66. The first kappa shape index (κ1) is 19.6. The van der Waals surface area contributed by atoms with Crippen LogP contribution in [0.3, 0.4) is 0 Å². The molecule has 2 aliphatic heterocycles. The number of hydrogen-bond acceptors (Lipinski definition) is 5. The number of halogens is 1. The number of hydrogen-bond donors (Lipinski definition) is 1. The molecule has 1 aromatic carbocycles. The van der Waals surface area contributed by atoms with Crippen LogP contribution in [0.25, 0.3) is 0 Å². The third-order valence-electron chi connectivity index (χ3n) is 5.97. The fourth-order valence-electron chi connectivity index (χ4n) is 4.12. The van der Waals surface area contributed by atoms with Crippen molar-refractivity contribution in [3.63, 3.8) is 0 Å². The molecule has 0 spiro atoms. The van der Waals surface area contributed by atoms with Crippen LogP contribution in [-0.2, 0) is 4.79 Å². The molecule has 7 heteroatoms. The second kappa shape index (κ2) is 8.76. The van der Waals surface area contributed by atoms with Crippen LogP contribution in [0.4, 0.5) is 16.0 Å². The van der Waals surface area contributed by atoms with Gasteiger partial charge in [0.05, 0.1) is 24.1 Å². The van der Waals surface area contributed by atoms with Crippen LogP contribution in [0.15, 0.2) is 36.7 Å². The Balaban J connectivity index is 1.28. The first-order valence-corrected chi connectivity index (χ1v) is 10.5. The minimum atomic E-state index is -0.267. The molecule has 1 aromatic heterocycles. The van der Waals surface area contributed by atoms with Gasteiger partial charge in [0.25, 0.3) is 0 Å². The van der Waals surface area contributed by atoms with E-state index in [9.17, 15) is 9.18 Å². The number of anilines is 2. The Morgan fingerprint density at radius 3 is 2.28 bits per heavy atom. The van der Waals surface area contributed by atoms with Gasteiger partial charge < -0.3 is 15.1 Å². The standard InChI is InChI=1S/C22H28FN5O/c1-16(17-4-6-19(23)7-5-17)26-21(29)18-8-12-27(13-9-18)20-14-24-22(25-15-20)28-10-2-3-11-28/h4-7,14-16,18H,2-3,8-13H2,1H3,(H,26,29). The Labute approximate surface area is 171 Å². The summed E-state index contributed by atoms with van der Waals surface area (Å²) in [6.07, 6.45) is 7.82. The second-order valence-electron chi connectivity index (χ2n) is 7.98. The highest BCUT2D eigenvalue weighted by Gasteiger charge is 2.26. The molecule has 6 nitrogen and oxygen atoms in total. The Morgan fingerprint density at radius 1 is 1.03 bits per heavy atom. The van der Waals surface area contributed by atoms with E-state index in [1.165, 1.54) is 25.0 Å². The maximum atomic E-state index is 13.1. The summed E-state index contributed by atoms with van der Waals surface area (Å²) >= 11 is 0. The molecule has 2 fully saturated rings. The maximum Gasteiger partial charge on any atom is 0.225 e. The van der Waals surface area contributed by atoms with Gasteiger partial charge in [0, 0.05) is 32.1 Å². The minimum absolute atomic E-state index is 0.000982. The fraction of sp³-hybridized carbons (Fsp3) is 0.500. The number of rotatable bonds is 5. The predicted octanol–water partition coefficient (Wildman–Crippen LogP) is 3.31. The maximum absolute atomic E-state index is 13.1. The Bertz CT molecular complexity index is 812. The van der Waals surface area contributed by atoms with E-state index in [4.69, 9.17) is 0 Å². The molecule has 1 atom stereocenters. The molecule has 1 unspecified atom stereocenters. The fourth-order valence-corrected chi connectivity index (χ4v) is 4.12. The van der Waals surface area contributed by atoms with Crippen LogP contribution in [-0.4, -0.2) is 42.1 Å². The summed E-state index contributed by atoms with van der Waals surface area (Å²) in [7, 11) is 0. The summed E-state index contributed by atoms with van der Waals surface area (Å²) in [5.41, 5.74) is 1.93. The number of carbonyl (C=O) groups is 1. The van der Waals surface area contributed by atoms with E-state index in [1.807, 2.05) is 19.3 Å². The molecule has 0 saturated carbocycles. The lowest BCUT2D eigenvalue weighted by atomic mass is 9.95. The quantitative estimate of drug-likeness (QED) is 0.839. The molecule has 0 bridgehead atoms. The van der Waals surface area contributed by atoms with Gasteiger partial charge in [-0.25, -0.2) is 14.4 Å². The first-order valence-electron chi connectivity index (χ1n) is 10.5. The first-order chi connectivity index (χ1) is 14.1. The largest absolute Gasteiger partial charge is 0.369 e. The van der Waals surface area contributed by atoms with Crippen LogP contribution in [0.1, 0.15) is 44.2 Å². The van der Waals surface area contributed by atoms with Gasteiger partial charge in [-0.15, -0.1) is 0 Å². The predicted molar refractivity (Wildman–Crippen MR) is 111 cm³/mol. The Kier molecular flexibility index (Phi) is 5.92. The lowest BCUT2D eigenvalue weighted by molar-refractivity contribution is -0.126. The topological polar surface area (TPSA) is 61.4 Å². The smallest absolute Gasteiger partial charge is 0.225 e. The highest BCUT2D eigenvalue weighted by Crippen LogP contribution is 2.25. The third-order valence-corrected chi connectivity index (χ3v) is 5.97. The molecule has 154 valence electrons. The zero-order valence-electron chi connectivity index (χ0n) is 16.9. The van der Waals surface area contributed by atoms with Gasteiger partial charge >= 0.3 is 0 Å². The van der Waals surface area contributed by atoms with Crippen molar-refractivity contribution in [2.45, 2.75) is 38.6 Å². The van der Waals surface area contributed by atoms with Crippen molar-refractivity contribution in [3.8, 4) is 0 Å². The molecule has 0 aliphatic carbocycles. The summed E-state index contributed by atoms with van der Waals surface area (Å²) in [6, 6.07) is 6.15. The van der Waals surface area contributed by atoms with E-state index in [2.05, 4.69) is 25.1 Å². The van der Waals surface area contributed by atoms with Crippen LogP contribution < -0.4 is 15.1 Å². The highest BCUT2D eigenvalue weighted by atomic mass is 19.1. The lowest BCUT2D eigenvalue weighted by Gasteiger charge is -2.33. The Morgan fingerprint density at radius 2 is 1.66 bits per heavy atom. The zero-order chi connectivity index (χ0) is 20.2. The van der Waals surface area contributed by atoms with Crippen LogP contribution in [0.5, 0.6) is 0 Å². The second-order valence-corrected chi connectivity index (χ2v) is 7.98. The number of aromatic nitrogens is 2. The van der Waals surface area contributed by atoms with Crippen LogP contribution >= 0.6 is 0 Å². The van der Waals surface area contributed by atoms with Crippen molar-refractivity contribution in [2.24, 2.45) is 5.92 Å². The normalized spacial score (nSPS) is 18.7. The molecular formula is C22H28FN5O. The van der Waals surface area contributed by atoms with E-state index < -0.39 is 0 Å². The van der Waals surface area contributed by atoms with Crippen molar-refractivity contribution in [3.05, 3.63) is 48.0 Å². The van der Waals surface area contributed by atoms with Gasteiger partial charge in [0.1, 0.15) is 5.82 Å². The van der Waals surface area contributed by atoms with Crippen LogP contribution in [0, 0.1) is 11.7 Å². The number of nitrogens with zero attached hydrogens (tertiary/aromatic N) is 4. The van der Waals surface area contributed by atoms with Crippen molar-refractivity contribution in [1.29, 1.82) is 0 Å². The molecule has 3 heterocycles. The van der Waals surface area contributed by atoms with E-state index in [0.29, 0.717) is 0 Å². The summed E-state index contributed by atoms with van der Waals surface area (Å²) in [5.74, 6) is 0.619. The van der Waals surface area contributed by atoms with Crippen molar-refractivity contribution < 1.29 is 9.18 Å². The number of amides is 1. The monoisotopic (exact) mass is 397 g/mol. The minimum Gasteiger partial charge on any atom is -0.369 e. The number of piperidine rings is 1. The molecule has 1 amide bonds. The summed E-state index contributed by atoms with van der Waals surface area (Å²) < 4.78 is 13.1. The summed E-state index contributed by atoms with van der Waals surface area (Å²) in [6.45, 7) is 5.64. The van der Waals surface area contributed by atoms with Crippen molar-refractivity contribution in [2.75, 3.05) is 36.0 Å². The SMILES string of the molecule is CC(NC(=O)C1CCN(c2cnc(N3CCCC3)nc2)CC1)c1ccc(F)cc1. The summed E-state index contributed by atoms with van der Waals surface area (Å²) in [4.78, 5) is 26.2. The number of benzene rings is 1. The van der Waals surface area contributed by atoms with E-state index in [1.54, 1.807) is 12.1 Å². The number of nitrogens with one attached hydrogen (secondary N) is 1. The van der Waals surface area contributed by atoms with E-state index >= 15 is 0 Å². The average molecular weight is 397 g/mol.